The number of carbonyl (C=O) groups excluding carboxylic acids is 3. The van der Waals surface area contributed by atoms with Gasteiger partial charge in [-0.05, 0) is 50.3 Å². The van der Waals surface area contributed by atoms with Crippen molar-refractivity contribution in [3.8, 4) is 0 Å². The van der Waals surface area contributed by atoms with E-state index in [0.717, 1.165) is 69.8 Å². The van der Waals surface area contributed by atoms with Gasteiger partial charge in [-0.15, -0.1) is 0 Å². The van der Waals surface area contributed by atoms with E-state index in [4.69, 9.17) is 16.3 Å². The molecule has 2 aliphatic carbocycles. The Morgan fingerprint density at radius 1 is 0.974 bits per heavy atom. The minimum atomic E-state index is -1.12. The van der Waals surface area contributed by atoms with Gasteiger partial charge in [0.05, 0.1) is 17.9 Å². The first-order valence-corrected chi connectivity index (χ1v) is 15.3. The summed E-state index contributed by atoms with van der Waals surface area (Å²) >= 11 is 6.30. The lowest BCUT2D eigenvalue weighted by Gasteiger charge is -2.38. The summed E-state index contributed by atoms with van der Waals surface area (Å²) in [4.78, 5) is 44.0. The van der Waals surface area contributed by atoms with Crippen LogP contribution in [0.3, 0.4) is 0 Å². The van der Waals surface area contributed by atoms with Crippen LogP contribution < -0.4 is 10.6 Å². The largest absolute Gasteiger partial charge is 0.359 e. The number of amides is 3. The molecule has 2 saturated heterocycles. The quantitative estimate of drug-likeness (QED) is 0.484. The molecule has 0 unspecified atom stereocenters. The fraction of sp³-hybridized carbons (Fsp3) is 0.645. The number of fused-ring (bicyclic) bond motifs is 1. The van der Waals surface area contributed by atoms with Crippen LogP contribution in [0, 0.1) is 18.8 Å². The molecule has 3 aliphatic heterocycles. The van der Waals surface area contributed by atoms with Gasteiger partial charge < -0.3 is 20.3 Å². The van der Waals surface area contributed by atoms with Crippen molar-refractivity contribution in [2.75, 3.05) is 5.32 Å². The van der Waals surface area contributed by atoms with Crippen molar-refractivity contribution in [3.05, 3.63) is 40.9 Å². The van der Waals surface area contributed by atoms with Gasteiger partial charge in [-0.1, -0.05) is 81.2 Å². The van der Waals surface area contributed by atoms with Crippen LogP contribution >= 0.6 is 11.6 Å². The Morgan fingerprint density at radius 3 is 2.36 bits per heavy atom. The maximum atomic E-state index is 14.4. The molecule has 6 rings (SSSR count). The average molecular weight is 554 g/mol. The number of ether oxygens (including phenoxy) is 1. The predicted octanol–water partition coefficient (Wildman–Crippen LogP) is 5.30. The van der Waals surface area contributed by atoms with E-state index in [0.29, 0.717) is 10.7 Å². The van der Waals surface area contributed by atoms with Crippen molar-refractivity contribution in [3.63, 3.8) is 0 Å². The molecule has 2 N–H and O–H groups in total. The molecule has 210 valence electrons. The van der Waals surface area contributed by atoms with Gasteiger partial charge in [-0.3, -0.25) is 14.4 Å². The van der Waals surface area contributed by atoms with Gasteiger partial charge in [0.25, 0.3) is 0 Å². The summed E-state index contributed by atoms with van der Waals surface area (Å²) in [5.74, 6) is -1.93. The molecule has 2 saturated carbocycles. The summed E-state index contributed by atoms with van der Waals surface area (Å²) < 4.78 is 6.55. The Bertz CT molecular complexity index is 1160. The van der Waals surface area contributed by atoms with Crippen LogP contribution in [-0.4, -0.2) is 52.5 Å². The number of hydrogen-bond acceptors (Lipinski definition) is 4. The Labute approximate surface area is 236 Å². The van der Waals surface area contributed by atoms with E-state index in [1.54, 1.807) is 6.07 Å². The first kappa shape index (κ1) is 26.8. The van der Waals surface area contributed by atoms with E-state index in [2.05, 4.69) is 10.6 Å². The van der Waals surface area contributed by atoms with Crippen molar-refractivity contribution in [1.29, 1.82) is 0 Å². The minimum absolute atomic E-state index is 0.0180. The average Bonchev–Trinajstić information content (AvgIpc) is 3.54. The van der Waals surface area contributed by atoms with E-state index in [-0.39, 0.29) is 29.8 Å². The molecule has 0 aromatic heterocycles. The van der Waals surface area contributed by atoms with Gasteiger partial charge in [0.15, 0.2) is 0 Å². The second-order valence-electron chi connectivity index (χ2n) is 12.2. The third-order valence-electron chi connectivity index (χ3n) is 9.72. The second-order valence-corrected chi connectivity index (χ2v) is 12.6. The number of hydrogen-bond donors (Lipinski definition) is 2. The fourth-order valence-corrected chi connectivity index (χ4v) is 7.92. The van der Waals surface area contributed by atoms with Crippen LogP contribution in [0.2, 0.25) is 5.02 Å². The molecule has 0 radical (unpaired) electrons. The van der Waals surface area contributed by atoms with Crippen molar-refractivity contribution in [2.45, 2.75) is 114 Å². The summed E-state index contributed by atoms with van der Waals surface area (Å²) in [5.41, 5.74) is 0.397. The molecular weight excluding hydrogens is 514 g/mol. The fourth-order valence-electron chi connectivity index (χ4n) is 7.74. The molecule has 39 heavy (non-hydrogen) atoms. The highest BCUT2D eigenvalue weighted by Gasteiger charge is 2.73. The van der Waals surface area contributed by atoms with Gasteiger partial charge in [0.1, 0.15) is 11.6 Å². The normalized spacial score (nSPS) is 33.1. The Hall–Kier alpha value is -2.38. The van der Waals surface area contributed by atoms with Crippen molar-refractivity contribution in [2.24, 2.45) is 11.8 Å². The number of carbonyl (C=O) groups is 3. The maximum absolute atomic E-state index is 14.4. The first-order valence-electron chi connectivity index (χ1n) is 15.0. The van der Waals surface area contributed by atoms with E-state index in [9.17, 15) is 14.4 Å². The lowest BCUT2D eigenvalue weighted by Crippen LogP contribution is -2.58. The number of anilines is 1. The smallest absolute Gasteiger partial charge is 0.246 e. The number of likely N-dealkylation sites (tertiary alicyclic amines) is 1. The van der Waals surface area contributed by atoms with Crippen LogP contribution in [0.5, 0.6) is 0 Å². The zero-order valence-corrected chi connectivity index (χ0v) is 23.6. The predicted molar refractivity (Wildman–Crippen MR) is 150 cm³/mol. The molecule has 1 aromatic rings. The van der Waals surface area contributed by atoms with Crippen LogP contribution in [0.4, 0.5) is 5.69 Å². The van der Waals surface area contributed by atoms with Gasteiger partial charge in [0.2, 0.25) is 17.7 Å². The number of nitrogens with zero attached hydrogens (tertiary/aromatic N) is 1. The summed E-state index contributed by atoms with van der Waals surface area (Å²) in [5, 5.41) is 6.85. The maximum Gasteiger partial charge on any atom is 0.246 e. The summed E-state index contributed by atoms with van der Waals surface area (Å²) in [6.07, 6.45) is 16.0. The molecule has 2 bridgehead atoms. The molecule has 1 spiro atoms. The van der Waals surface area contributed by atoms with E-state index in [1.807, 2.05) is 36.1 Å². The monoisotopic (exact) mass is 553 g/mol. The lowest BCUT2D eigenvalue weighted by atomic mass is 9.74. The number of benzene rings is 1. The molecule has 4 fully saturated rings. The number of halogens is 1. The Balaban J connectivity index is 1.32. The number of nitrogens with one attached hydrogen (secondary N) is 2. The van der Waals surface area contributed by atoms with Crippen LogP contribution in [0.25, 0.3) is 0 Å². The third-order valence-corrected chi connectivity index (χ3v) is 10.1. The molecule has 7 nitrogen and oxygen atoms in total. The Morgan fingerprint density at radius 2 is 1.64 bits per heavy atom. The third kappa shape index (κ3) is 4.80. The Kier molecular flexibility index (Phi) is 7.49. The topological polar surface area (TPSA) is 87.7 Å². The first-order chi connectivity index (χ1) is 18.9. The highest BCUT2D eigenvalue weighted by Crippen LogP contribution is 2.56. The highest BCUT2D eigenvalue weighted by molar-refractivity contribution is 6.31. The molecule has 3 heterocycles. The van der Waals surface area contributed by atoms with Gasteiger partial charge in [-0.25, -0.2) is 0 Å². The minimum Gasteiger partial charge on any atom is -0.359 e. The molecule has 1 aromatic carbocycles. The van der Waals surface area contributed by atoms with E-state index in [1.165, 1.54) is 12.8 Å². The molecule has 5 aliphatic rings. The number of rotatable bonds is 5. The van der Waals surface area contributed by atoms with Crippen molar-refractivity contribution >= 4 is 35.0 Å². The van der Waals surface area contributed by atoms with E-state index < -0.39 is 29.6 Å². The second kappa shape index (κ2) is 10.9. The zero-order chi connectivity index (χ0) is 27.1. The van der Waals surface area contributed by atoms with E-state index >= 15 is 0 Å². The van der Waals surface area contributed by atoms with Crippen LogP contribution in [-0.2, 0) is 19.1 Å². The van der Waals surface area contributed by atoms with Gasteiger partial charge in [-0.2, -0.15) is 0 Å². The van der Waals surface area contributed by atoms with Crippen LogP contribution in [0.1, 0.15) is 82.6 Å². The molecule has 8 heteroatoms. The summed E-state index contributed by atoms with van der Waals surface area (Å²) in [7, 11) is 0. The highest BCUT2D eigenvalue weighted by atomic mass is 35.5. The zero-order valence-electron chi connectivity index (χ0n) is 22.8. The van der Waals surface area contributed by atoms with Gasteiger partial charge >= 0.3 is 0 Å². The lowest BCUT2D eigenvalue weighted by molar-refractivity contribution is -0.144. The molecule has 3 amide bonds. The summed E-state index contributed by atoms with van der Waals surface area (Å²) in [6.45, 7) is 1.91. The SMILES string of the molecule is Cc1ccc(NC(=O)[C@H]2[C@@H]3C=C[C@]4(O3)[C@@H]2C(=O)N(C2CCCCCCC2)[C@H]4C(=O)NC2CCCCC2)cc1Cl. The van der Waals surface area contributed by atoms with Crippen LogP contribution in [0.15, 0.2) is 30.4 Å². The molecule has 5 atom stereocenters. The molecular formula is C31H40ClN3O4. The number of aryl methyl sites for hydroxylation is 1. The summed E-state index contributed by atoms with van der Waals surface area (Å²) in [6, 6.07) is 4.76. The standard InChI is InChI=1S/C31H40ClN3O4/c1-19-14-15-21(18-23(19)32)34-28(36)25-24-16-17-31(39-24)26(25)30(38)35(22-12-8-3-2-4-9-13-22)27(31)29(37)33-20-10-6-5-7-11-20/h14-18,20,22,24-27H,2-13H2,1H3,(H,33,37)(H,34,36)/t24-,25-,26-,27-,31-/m0/s1. The van der Waals surface area contributed by atoms with Crippen molar-refractivity contribution < 1.29 is 19.1 Å². The van der Waals surface area contributed by atoms with Gasteiger partial charge in [0, 0.05) is 22.8 Å². The van der Waals surface area contributed by atoms with Crippen molar-refractivity contribution in [1.82, 2.24) is 10.2 Å².